The summed E-state index contributed by atoms with van der Waals surface area (Å²) in [6, 6.07) is 3.82. The lowest BCUT2D eigenvalue weighted by Gasteiger charge is -2.16. The molecule has 0 fully saturated rings. The second-order valence-corrected chi connectivity index (χ2v) is 7.08. The van der Waals surface area contributed by atoms with E-state index >= 15 is 0 Å². The standard InChI is InChI=1S/C21H36N2O2/c1-4-6-7-8-9-10-11-12-13-17-14-18(16(3)5-2)15-19(20(17)24)21(25)23-22/h14-16,24H,4-13,22H2,1-3H3,(H,23,25). The molecule has 0 saturated carbocycles. The monoisotopic (exact) mass is 348 g/mol. The van der Waals surface area contributed by atoms with Crippen molar-refractivity contribution in [2.75, 3.05) is 0 Å². The summed E-state index contributed by atoms with van der Waals surface area (Å²) in [6.45, 7) is 6.49. The molecule has 142 valence electrons. The van der Waals surface area contributed by atoms with Gasteiger partial charge in [-0.2, -0.15) is 0 Å². The minimum absolute atomic E-state index is 0.0814. The Hall–Kier alpha value is -1.55. The van der Waals surface area contributed by atoms with Gasteiger partial charge < -0.3 is 5.11 Å². The van der Waals surface area contributed by atoms with E-state index in [0.29, 0.717) is 5.92 Å². The molecule has 0 heterocycles. The lowest BCUT2D eigenvalue weighted by molar-refractivity contribution is 0.0950. The number of aromatic hydroxyl groups is 1. The number of hydrogen-bond acceptors (Lipinski definition) is 3. The van der Waals surface area contributed by atoms with Crippen LogP contribution in [-0.4, -0.2) is 11.0 Å². The molecule has 0 aliphatic heterocycles. The summed E-state index contributed by atoms with van der Waals surface area (Å²) in [5.74, 6) is 5.26. The number of amides is 1. The lowest BCUT2D eigenvalue weighted by atomic mass is 9.91. The van der Waals surface area contributed by atoms with Crippen LogP contribution >= 0.6 is 0 Å². The van der Waals surface area contributed by atoms with E-state index < -0.39 is 5.91 Å². The quantitative estimate of drug-likeness (QED) is 0.210. The molecule has 0 aliphatic rings. The third-order valence-electron chi connectivity index (χ3n) is 5.07. The number of nitrogens with one attached hydrogen (secondary N) is 1. The van der Waals surface area contributed by atoms with Gasteiger partial charge in [0.15, 0.2) is 0 Å². The summed E-state index contributed by atoms with van der Waals surface area (Å²) in [6.07, 6.45) is 11.8. The number of carbonyl (C=O) groups is 1. The number of benzene rings is 1. The zero-order valence-electron chi connectivity index (χ0n) is 16.2. The number of hydrogen-bond donors (Lipinski definition) is 3. The van der Waals surface area contributed by atoms with Gasteiger partial charge in [-0.1, -0.05) is 71.8 Å². The molecular weight excluding hydrogens is 312 g/mol. The van der Waals surface area contributed by atoms with Gasteiger partial charge in [0.25, 0.3) is 5.91 Å². The summed E-state index contributed by atoms with van der Waals surface area (Å²) in [7, 11) is 0. The maximum absolute atomic E-state index is 12.0. The first-order valence-electron chi connectivity index (χ1n) is 9.91. The predicted octanol–water partition coefficient (Wildman–Crippen LogP) is 5.19. The van der Waals surface area contributed by atoms with Crippen LogP contribution in [0.25, 0.3) is 0 Å². The average Bonchev–Trinajstić information content (AvgIpc) is 2.63. The molecule has 4 nitrogen and oxygen atoms in total. The lowest BCUT2D eigenvalue weighted by Crippen LogP contribution is -2.30. The Bertz CT molecular complexity index is 529. The van der Waals surface area contributed by atoms with Gasteiger partial charge in [-0.05, 0) is 42.4 Å². The second kappa shape index (κ2) is 11.9. The number of carbonyl (C=O) groups excluding carboxylic acids is 1. The maximum atomic E-state index is 12.0. The van der Waals surface area contributed by atoms with Crippen LogP contribution in [0, 0.1) is 0 Å². The Morgan fingerprint density at radius 2 is 1.68 bits per heavy atom. The highest BCUT2D eigenvalue weighted by Gasteiger charge is 2.17. The molecule has 0 saturated heterocycles. The average molecular weight is 349 g/mol. The fourth-order valence-corrected chi connectivity index (χ4v) is 3.13. The zero-order valence-corrected chi connectivity index (χ0v) is 16.2. The van der Waals surface area contributed by atoms with E-state index in [2.05, 4.69) is 32.3 Å². The van der Waals surface area contributed by atoms with Crippen LogP contribution in [0.15, 0.2) is 12.1 Å². The highest BCUT2D eigenvalue weighted by atomic mass is 16.3. The number of nitrogens with two attached hydrogens (primary N) is 1. The summed E-state index contributed by atoms with van der Waals surface area (Å²) in [5.41, 5.74) is 4.38. The number of phenolic OH excluding ortho intramolecular Hbond substituents is 1. The first-order chi connectivity index (χ1) is 12.0. The van der Waals surface area contributed by atoms with E-state index in [1.807, 2.05) is 0 Å². The van der Waals surface area contributed by atoms with E-state index in [4.69, 9.17) is 5.84 Å². The normalized spacial score (nSPS) is 12.2. The SMILES string of the molecule is CCCCCCCCCCc1cc(C(C)CC)cc(C(=O)NN)c1O. The highest BCUT2D eigenvalue weighted by Crippen LogP contribution is 2.30. The Morgan fingerprint density at radius 1 is 1.08 bits per heavy atom. The van der Waals surface area contributed by atoms with Gasteiger partial charge in [0.1, 0.15) is 5.75 Å². The first-order valence-corrected chi connectivity index (χ1v) is 9.91. The van der Waals surface area contributed by atoms with E-state index in [9.17, 15) is 9.90 Å². The molecule has 1 aromatic carbocycles. The Balaban J connectivity index is 2.66. The number of hydrazine groups is 1. The molecule has 0 aliphatic carbocycles. The third kappa shape index (κ3) is 7.07. The molecule has 0 spiro atoms. The molecule has 1 atom stereocenters. The van der Waals surface area contributed by atoms with Crippen molar-refractivity contribution in [2.45, 2.75) is 90.9 Å². The van der Waals surface area contributed by atoms with Crippen LogP contribution in [0.4, 0.5) is 0 Å². The molecule has 25 heavy (non-hydrogen) atoms. The molecule has 4 heteroatoms. The van der Waals surface area contributed by atoms with Crippen molar-refractivity contribution in [1.82, 2.24) is 5.43 Å². The Morgan fingerprint density at radius 3 is 2.24 bits per heavy atom. The van der Waals surface area contributed by atoms with Crippen molar-refractivity contribution in [3.05, 3.63) is 28.8 Å². The first kappa shape index (κ1) is 21.5. The molecule has 4 N–H and O–H groups in total. The third-order valence-corrected chi connectivity index (χ3v) is 5.07. The van der Waals surface area contributed by atoms with Crippen LogP contribution in [0.5, 0.6) is 5.75 Å². The van der Waals surface area contributed by atoms with Gasteiger partial charge >= 0.3 is 0 Å². The van der Waals surface area contributed by atoms with Crippen LogP contribution in [0.1, 0.15) is 106 Å². The minimum Gasteiger partial charge on any atom is -0.507 e. The van der Waals surface area contributed by atoms with E-state index in [1.165, 1.54) is 38.5 Å². The maximum Gasteiger partial charge on any atom is 0.268 e. The number of nitrogen functional groups attached to an aromatic ring is 1. The number of phenols is 1. The molecule has 0 bridgehead atoms. The predicted molar refractivity (Wildman–Crippen MR) is 105 cm³/mol. The van der Waals surface area contributed by atoms with Crippen LogP contribution in [0.3, 0.4) is 0 Å². The topological polar surface area (TPSA) is 75.4 Å². The number of rotatable bonds is 12. The number of aryl methyl sites for hydroxylation is 1. The van der Waals surface area contributed by atoms with Crippen molar-refractivity contribution in [2.24, 2.45) is 5.84 Å². The fraction of sp³-hybridized carbons (Fsp3) is 0.667. The summed E-state index contributed by atoms with van der Waals surface area (Å²) >= 11 is 0. The van der Waals surface area contributed by atoms with Crippen molar-refractivity contribution >= 4 is 5.91 Å². The molecule has 1 aromatic rings. The van der Waals surface area contributed by atoms with Gasteiger partial charge in [0.05, 0.1) is 5.56 Å². The Kier molecular flexibility index (Phi) is 10.2. The zero-order chi connectivity index (χ0) is 18.7. The summed E-state index contributed by atoms with van der Waals surface area (Å²) < 4.78 is 0. The Labute approximate surface area is 153 Å². The summed E-state index contributed by atoms with van der Waals surface area (Å²) in [5, 5.41) is 10.5. The van der Waals surface area contributed by atoms with Crippen molar-refractivity contribution < 1.29 is 9.90 Å². The molecule has 1 unspecified atom stereocenters. The molecule has 1 amide bonds. The molecular formula is C21H36N2O2. The van der Waals surface area contributed by atoms with Crippen LogP contribution < -0.4 is 11.3 Å². The van der Waals surface area contributed by atoms with Gasteiger partial charge in [-0.3, -0.25) is 10.2 Å². The molecule has 1 rings (SSSR count). The van der Waals surface area contributed by atoms with Crippen molar-refractivity contribution in [1.29, 1.82) is 0 Å². The highest BCUT2D eigenvalue weighted by molar-refractivity contribution is 5.97. The second-order valence-electron chi connectivity index (χ2n) is 7.08. The largest absolute Gasteiger partial charge is 0.507 e. The number of unbranched alkanes of at least 4 members (excludes halogenated alkanes) is 7. The van der Waals surface area contributed by atoms with E-state index in [1.54, 1.807) is 6.07 Å². The van der Waals surface area contributed by atoms with Crippen molar-refractivity contribution in [3.8, 4) is 5.75 Å². The van der Waals surface area contributed by atoms with E-state index in [-0.39, 0.29) is 11.3 Å². The van der Waals surface area contributed by atoms with E-state index in [0.717, 1.165) is 36.8 Å². The fourth-order valence-electron chi connectivity index (χ4n) is 3.13. The summed E-state index contributed by atoms with van der Waals surface area (Å²) in [4.78, 5) is 12.0. The van der Waals surface area contributed by atoms with Gasteiger partial charge in [0.2, 0.25) is 0 Å². The van der Waals surface area contributed by atoms with Crippen molar-refractivity contribution in [3.63, 3.8) is 0 Å². The van der Waals surface area contributed by atoms with Crippen LogP contribution in [0.2, 0.25) is 0 Å². The minimum atomic E-state index is -0.431. The van der Waals surface area contributed by atoms with Gasteiger partial charge in [-0.15, -0.1) is 0 Å². The van der Waals surface area contributed by atoms with Gasteiger partial charge in [-0.25, -0.2) is 5.84 Å². The van der Waals surface area contributed by atoms with Crippen LogP contribution in [-0.2, 0) is 6.42 Å². The van der Waals surface area contributed by atoms with Gasteiger partial charge in [0, 0.05) is 0 Å². The molecule has 0 radical (unpaired) electrons. The molecule has 0 aromatic heterocycles. The smallest absolute Gasteiger partial charge is 0.268 e.